The molecule has 20 heavy (non-hydrogen) atoms. The molecule has 0 saturated carbocycles. The van der Waals surface area contributed by atoms with Crippen LogP contribution in [0.2, 0.25) is 0 Å². The number of carbonyl (C=O) groups is 2. The van der Waals surface area contributed by atoms with Gasteiger partial charge < -0.3 is 15.3 Å². The van der Waals surface area contributed by atoms with Gasteiger partial charge in [-0.05, 0) is 37.2 Å². The van der Waals surface area contributed by atoms with E-state index < -0.39 is 5.97 Å². The Bertz CT molecular complexity index is 490. The molecule has 1 aromatic rings. The van der Waals surface area contributed by atoms with Crippen molar-refractivity contribution < 1.29 is 14.7 Å². The van der Waals surface area contributed by atoms with Gasteiger partial charge in [0.15, 0.2) is 0 Å². The highest BCUT2D eigenvalue weighted by molar-refractivity contribution is 9.10. The van der Waals surface area contributed by atoms with E-state index in [9.17, 15) is 9.59 Å². The number of halogens is 1. The molecule has 108 valence electrons. The summed E-state index contributed by atoms with van der Waals surface area (Å²) in [7, 11) is 0. The van der Waals surface area contributed by atoms with Crippen molar-refractivity contribution in [2.24, 2.45) is 5.92 Å². The number of hydrogen-bond acceptors (Lipinski definition) is 3. The second-order valence-corrected chi connectivity index (χ2v) is 5.85. The zero-order chi connectivity index (χ0) is 14.5. The monoisotopic (exact) mass is 340 g/mol. The number of carboxylic acids is 1. The minimum Gasteiger partial charge on any atom is -0.481 e. The predicted molar refractivity (Wildman–Crippen MR) is 79.6 cm³/mol. The molecule has 0 aliphatic carbocycles. The molecule has 0 spiro atoms. The lowest BCUT2D eigenvalue weighted by Gasteiger charge is -2.14. The van der Waals surface area contributed by atoms with Gasteiger partial charge in [-0.2, -0.15) is 0 Å². The van der Waals surface area contributed by atoms with Crippen LogP contribution in [0, 0.1) is 5.92 Å². The molecule has 1 fully saturated rings. The van der Waals surface area contributed by atoms with E-state index in [1.165, 1.54) is 0 Å². The van der Waals surface area contributed by atoms with E-state index in [1.807, 2.05) is 29.2 Å². The van der Waals surface area contributed by atoms with Gasteiger partial charge in [0.1, 0.15) is 0 Å². The summed E-state index contributed by atoms with van der Waals surface area (Å²) in [5.74, 6) is -1.08. The van der Waals surface area contributed by atoms with Crippen LogP contribution in [0.4, 0.5) is 5.69 Å². The number of carbonyl (C=O) groups excluding carboxylic acids is 1. The summed E-state index contributed by atoms with van der Waals surface area (Å²) in [5, 5.41) is 11.7. The molecular weight excluding hydrogens is 324 g/mol. The second-order valence-electron chi connectivity index (χ2n) is 4.93. The Hall–Kier alpha value is -1.40. The Labute approximate surface area is 126 Å². The van der Waals surface area contributed by atoms with Gasteiger partial charge in [-0.3, -0.25) is 9.59 Å². The maximum Gasteiger partial charge on any atom is 0.307 e. The van der Waals surface area contributed by atoms with Crippen molar-refractivity contribution in [2.45, 2.75) is 12.8 Å². The van der Waals surface area contributed by atoms with E-state index in [0.717, 1.165) is 16.7 Å². The van der Waals surface area contributed by atoms with Crippen LogP contribution in [0.1, 0.15) is 12.8 Å². The van der Waals surface area contributed by atoms with Gasteiger partial charge >= 0.3 is 5.97 Å². The lowest BCUT2D eigenvalue weighted by Crippen LogP contribution is -2.27. The summed E-state index contributed by atoms with van der Waals surface area (Å²) in [6.45, 7) is 1.90. The second kappa shape index (κ2) is 6.85. The molecule has 5 nitrogen and oxygen atoms in total. The lowest BCUT2D eigenvalue weighted by molar-refractivity contribution is -0.141. The summed E-state index contributed by atoms with van der Waals surface area (Å²) in [6.07, 6.45) is 1.05. The van der Waals surface area contributed by atoms with Crippen LogP contribution in [0.5, 0.6) is 0 Å². The summed E-state index contributed by atoms with van der Waals surface area (Å²) >= 11 is 3.34. The number of nitrogens with one attached hydrogen (secondary N) is 1. The third-order valence-electron chi connectivity index (χ3n) is 3.40. The molecule has 0 radical (unpaired) electrons. The van der Waals surface area contributed by atoms with E-state index in [2.05, 4.69) is 21.2 Å². The predicted octanol–water partition coefficient (Wildman–Crippen LogP) is 2.18. The van der Waals surface area contributed by atoms with Gasteiger partial charge in [0.25, 0.3) is 0 Å². The fourth-order valence-electron chi connectivity index (χ4n) is 2.25. The quantitative estimate of drug-likeness (QED) is 0.861. The topological polar surface area (TPSA) is 69.6 Å². The van der Waals surface area contributed by atoms with E-state index in [0.29, 0.717) is 25.9 Å². The maximum absolute atomic E-state index is 11.8. The molecule has 1 unspecified atom stereocenters. The number of rotatable bonds is 5. The molecule has 1 aromatic carbocycles. The molecular formula is C14H17BrN2O3. The Kier molecular flexibility index (Phi) is 5.14. The number of anilines is 1. The average molecular weight is 341 g/mol. The zero-order valence-corrected chi connectivity index (χ0v) is 12.6. The van der Waals surface area contributed by atoms with Gasteiger partial charge in [0.2, 0.25) is 5.91 Å². The first-order valence-electron chi connectivity index (χ1n) is 6.55. The molecule has 0 bridgehead atoms. The number of hydrogen-bond donors (Lipinski definition) is 2. The third kappa shape index (κ3) is 4.31. The lowest BCUT2D eigenvalue weighted by atomic mass is 10.1. The van der Waals surface area contributed by atoms with Crippen LogP contribution in [0.3, 0.4) is 0 Å². The van der Waals surface area contributed by atoms with Crippen molar-refractivity contribution in [3.05, 3.63) is 28.7 Å². The van der Waals surface area contributed by atoms with E-state index in [4.69, 9.17) is 5.11 Å². The molecule has 2 N–H and O–H groups in total. The molecule has 1 heterocycles. The largest absolute Gasteiger partial charge is 0.481 e. The SMILES string of the molecule is O=C(CCN1CCC(C(=O)O)C1)Nc1ccc(Br)cc1. The number of amides is 1. The molecule has 1 atom stereocenters. The van der Waals surface area contributed by atoms with Gasteiger partial charge in [-0.15, -0.1) is 0 Å². The standard InChI is InChI=1S/C14H17BrN2O3/c15-11-1-3-12(4-2-11)16-13(18)6-8-17-7-5-10(9-17)14(19)20/h1-4,10H,5-9H2,(H,16,18)(H,19,20). The van der Waals surface area contributed by atoms with Crippen LogP contribution in [-0.4, -0.2) is 41.5 Å². The molecule has 6 heteroatoms. The maximum atomic E-state index is 11.8. The van der Waals surface area contributed by atoms with Gasteiger partial charge in [0.05, 0.1) is 5.92 Å². The van der Waals surface area contributed by atoms with E-state index >= 15 is 0 Å². The number of carboxylic acid groups (broad SMARTS) is 1. The Morgan fingerprint density at radius 3 is 2.65 bits per heavy atom. The summed E-state index contributed by atoms with van der Waals surface area (Å²) < 4.78 is 0.965. The normalized spacial score (nSPS) is 18.9. The Morgan fingerprint density at radius 2 is 2.05 bits per heavy atom. The zero-order valence-electron chi connectivity index (χ0n) is 11.0. The van der Waals surface area contributed by atoms with Crippen molar-refractivity contribution in [3.63, 3.8) is 0 Å². The van der Waals surface area contributed by atoms with Gasteiger partial charge in [-0.1, -0.05) is 15.9 Å². The van der Waals surface area contributed by atoms with Crippen molar-refractivity contribution >= 4 is 33.5 Å². The number of benzene rings is 1. The van der Waals surface area contributed by atoms with Crippen molar-refractivity contribution in [1.82, 2.24) is 4.90 Å². The van der Waals surface area contributed by atoms with Crippen LogP contribution >= 0.6 is 15.9 Å². The average Bonchev–Trinajstić information content (AvgIpc) is 2.88. The van der Waals surface area contributed by atoms with Gasteiger partial charge in [-0.25, -0.2) is 0 Å². The minimum atomic E-state index is -0.744. The van der Waals surface area contributed by atoms with Crippen LogP contribution in [-0.2, 0) is 9.59 Å². The van der Waals surface area contributed by atoms with E-state index in [1.54, 1.807) is 0 Å². The minimum absolute atomic E-state index is 0.0499. The summed E-state index contributed by atoms with van der Waals surface area (Å²) in [5.41, 5.74) is 0.767. The Balaban J connectivity index is 1.73. The third-order valence-corrected chi connectivity index (χ3v) is 3.93. The first kappa shape index (κ1) is 15.0. The highest BCUT2D eigenvalue weighted by Crippen LogP contribution is 2.17. The molecule has 1 amide bonds. The smallest absolute Gasteiger partial charge is 0.307 e. The molecule has 2 rings (SSSR count). The molecule has 1 saturated heterocycles. The first-order valence-corrected chi connectivity index (χ1v) is 7.34. The molecule has 1 aliphatic rings. The fourth-order valence-corrected chi connectivity index (χ4v) is 2.52. The first-order chi connectivity index (χ1) is 9.54. The van der Waals surface area contributed by atoms with Crippen molar-refractivity contribution in [1.29, 1.82) is 0 Å². The fraction of sp³-hybridized carbons (Fsp3) is 0.429. The summed E-state index contributed by atoms with van der Waals surface area (Å²) in [6, 6.07) is 7.40. The highest BCUT2D eigenvalue weighted by Gasteiger charge is 2.27. The van der Waals surface area contributed by atoms with Gasteiger partial charge in [0, 0.05) is 29.7 Å². The number of likely N-dealkylation sites (tertiary alicyclic amines) is 1. The van der Waals surface area contributed by atoms with Crippen LogP contribution in [0.15, 0.2) is 28.7 Å². The van der Waals surface area contributed by atoms with Crippen molar-refractivity contribution in [2.75, 3.05) is 25.0 Å². The summed E-state index contributed by atoms with van der Waals surface area (Å²) in [4.78, 5) is 24.7. The van der Waals surface area contributed by atoms with E-state index in [-0.39, 0.29) is 11.8 Å². The number of aliphatic carboxylic acids is 1. The van der Waals surface area contributed by atoms with Crippen LogP contribution < -0.4 is 5.32 Å². The highest BCUT2D eigenvalue weighted by atomic mass is 79.9. The van der Waals surface area contributed by atoms with Crippen LogP contribution in [0.25, 0.3) is 0 Å². The number of nitrogens with zero attached hydrogens (tertiary/aromatic N) is 1. The molecule has 0 aromatic heterocycles. The molecule has 1 aliphatic heterocycles. The van der Waals surface area contributed by atoms with Crippen molar-refractivity contribution in [3.8, 4) is 0 Å². The Morgan fingerprint density at radius 1 is 1.35 bits per heavy atom.